The summed E-state index contributed by atoms with van der Waals surface area (Å²) in [5.74, 6) is -0.589. The molecule has 0 saturated carbocycles. The number of methoxy groups -OCH3 is 1. The van der Waals surface area contributed by atoms with Crippen molar-refractivity contribution in [1.82, 2.24) is 19.6 Å². The molecule has 4 rings (SSSR count). The van der Waals surface area contributed by atoms with Crippen LogP contribution < -0.4 is 10.2 Å². The number of rotatable bonds is 8. The Labute approximate surface area is 247 Å². The molecule has 10 nitrogen and oxygen atoms in total. The number of halogens is 3. The van der Waals surface area contributed by atoms with Crippen molar-refractivity contribution < 1.29 is 35.9 Å². The van der Waals surface area contributed by atoms with Gasteiger partial charge in [-0.25, -0.2) is 23.2 Å². The lowest BCUT2D eigenvalue weighted by Crippen LogP contribution is -2.60. The molecule has 1 aliphatic heterocycles. The highest BCUT2D eigenvalue weighted by Crippen LogP contribution is 2.31. The zero-order chi connectivity index (χ0) is 31.5. The number of amides is 1. The number of aromatic nitrogens is 2. The van der Waals surface area contributed by atoms with E-state index in [1.54, 1.807) is 11.8 Å². The van der Waals surface area contributed by atoms with Crippen molar-refractivity contribution in [1.29, 1.82) is 0 Å². The summed E-state index contributed by atoms with van der Waals surface area (Å²) in [5, 5.41) is 2.80. The molecule has 0 radical (unpaired) electrons. The molecule has 1 amide bonds. The van der Waals surface area contributed by atoms with Gasteiger partial charge in [0.15, 0.2) is 5.69 Å². The van der Waals surface area contributed by atoms with E-state index in [0.717, 1.165) is 27.6 Å². The number of anilines is 1. The van der Waals surface area contributed by atoms with Crippen LogP contribution in [0.3, 0.4) is 0 Å². The highest BCUT2D eigenvalue weighted by molar-refractivity contribution is 7.89. The summed E-state index contributed by atoms with van der Waals surface area (Å²) < 4.78 is 72.3. The largest absolute Gasteiger partial charge is 0.464 e. The molecule has 1 aliphatic rings. The minimum atomic E-state index is -4.63. The molecule has 14 heteroatoms. The Morgan fingerprint density at radius 1 is 1.07 bits per heavy atom. The highest BCUT2D eigenvalue weighted by Gasteiger charge is 2.41. The predicted molar refractivity (Wildman–Crippen MR) is 152 cm³/mol. The Morgan fingerprint density at radius 2 is 1.72 bits per heavy atom. The second kappa shape index (κ2) is 12.7. The Bertz CT molecular complexity index is 1580. The Hall–Kier alpha value is -4.04. The number of sulfonamides is 1. The predicted octanol–water partition coefficient (Wildman–Crippen LogP) is 3.91. The first-order valence-corrected chi connectivity index (χ1v) is 14.9. The van der Waals surface area contributed by atoms with Gasteiger partial charge in [-0.15, -0.1) is 0 Å². The SMILES string of the molecule is COC(=O)c1cnc(N2CCN(S(=O)(=O)c3ccc(C(F)(F)F)cc3)[C@@H](C(=O)NCc3ccc(C(C)C)cc3)C2)c(C)n1. The molecule has 1 N–H and O–H groups in total. The fourth-order valence-electron chi connectivity index (χ4n) is 4.73. The number of aryl methyl sites for hydroxylation is 1. The van der Waals surface area contributed by atoms with Gasteiger partial charge in [-0.3, -0.25) is 4.79 Å². The molecule has 1 fully saturated rings. The van der Waals surface area contributed by atoms with E-state index >= 15 is 0 Å². The molecule has 1 atom stereocenters. The highest BCUT2D eigenvalue weighted by atomic mass is 32.2. The van der Waals surface area contributed by atoms with Crippen molar-refractivity contribution in [2.24, 2.45) is 0 Å². The van der Waals surface area contributed by atoms with E-state index in [-0.39, 0.29) is 36.8 Å². The van der Waals surface area contributed by atoms with Crippen LogP contribution in [-0.2, 0) is 32.3 Å². The van der Waals surface area contributed by atoms with Gasteiger partial charge >= 0.3 is 12.1 Å². The molecule has 230 valence electrons. The van der Waals surface area contributed by atoms with Gasteiger partial charge in [0.05, 0.1) is 29.5 Å². The van der Waals surface area contributed by atoms with Gasteiger partial charge in [0.25, 0.3) is 0 Å². The number of nitrogens with zero attached hydrogens (tertiary/aromatic N) is 4. The van der Waals surface area contributed by atoms with E-state index in [1.807, 2.05) is 24.3 Å². The zero-order valence-electron chi connectivity index (χ0n) is 24.1. The van der Waals surface area contributed by atoms with Crippen LogP contribution in [0.25, 0.3) is 0 Å². The first-order valence-electron chi connectivity index (χ1n) is 13.4. The van der Waals surface area contributed by atoms with E-state index in [1.165, 1.54) is 13.3 Å². The number of hydrogen-bond donors (Lipinski definition) is 1. The van der Waals surface area contributed by atoms with E-state index < -0.39 is 39.7 Å². The summed E-state index contributed by atoms with van der Waals surface area (Å²) in [6.07, 6.45) is -3.40. The maximum atomic E-state index is 13.7. The van der Waals surface area contributed by atoms with E-state index in [4.69, 9.17) is 0 Å². The smallest absolute Gasteiger partial charge is 0.416 e. The molecular weight excluding hydrogens is 587 g/mol. The van der Waals surface area contributed by atoms with Gasteiger partial charge in [-0.2, -0.15) is 17.5 Å². The third-order valence-electron chi connectivity index (χ3n) is 7.15. The Morgan fingerprint density at radius 3 is 2.28 bits per heavy atom. The summed E-state index contributed by atoms with van der Waals surface area (Å²) in [5.41, 5.74) is 1.30. The fraction of sp³-hybridized carbons (Fsp3) is 0.379. The topological polar surface area (TPSA) is 122 Å². The van der Waals surface area contributed by atoms with Crippen molar-refractivity contribution >= 4 is 27.7 Å². The number of piperazine rings is 1. The molecule has 0 bridgehead atoms. The molecule has 1 saturated heterocycles. The quantitative estimate of drug-likeness (QED) is 0.377. The summed E-state index contributed by atoms with van der Waals surface area (Å²) >= 11 is 0. The summed E-state index contributed by atoms with van der Waals surface area (Å²) in [7, 11) is -3.16. The minimum Gasteiger partial charge on any atom is -0.464 e. The Balaban J connectivity index is 1.62. The van der Waals surface area contributed by atoms with Crippen LogP contribution in [0.15, 0.2) is 59.6 Å². The number of carbonyl (C=O) groups is 2. The van der Waals surface area contributed by atoms with Crippen LogP contribution in [-0.4, -0.2) is 67.4 Å². The van der Waals surface area contributed by atoms with Crippen molar-refractivity contribution in [3.63, 3.8) is 0 Å². The Kier molecular flexibility index (Phi) is 9.40. The summed E-state index contributed by atoms with van der Waals surface area (Å²) in [6, 6.07) is 9.57. The number of esters is 1. The van der Waals surface area contributed by atoms with Gasteiger partial charge in [-0.1, -0.05) is 38.1 Å². The molecule has 2 heterocycles. The fourth-order valence-corrected chi connectivity index (χ4v) is 6.30. The second-order valence-corrected chi connectivity index (χ2v) is 12.3. The molecule has 43 heavy (non-hydrogen) atoms. The third-order valence-corrected chi connectivity index (χ3v) is 9.07. The molecular formula is C29H32F3N5O5S. The molecule has 3 aromatic rings. The maximum Gasteiger partial charge on any atom is 0.416 e. The van der Waals surface area contributed by atoms with Gasteiger partial charge in [0.1, 0.15) is 11.9 Å². The van der Waals surface area contributed by atoms with Crippen LogP contribution >= 0.6 is 0 Å². The number of ether oxygens (including phenoxy) is 1. The average Bonchev–Trinajstić information content (AvgIpc) is 2.98. The van der Waals surface area contributed by atoms with Crippen LogP contribution in [0.2, 0.25) is 0 Å². The zero-order valence-corrected chi connectivity index (χ0v) is 24.9. The van der Waals surface area contributed by atoms with Crippen molar-refractivity contribution in [2.75, 3.05) is 31.6 Å². The molecule has 0 aliphatic carbocycles. The lowest BCUT2D eigenvalue weighted by molar-refractivity contribution is -0.137. The monoisotopic (exact) mass is 619 g/mol. The van der Waals surface area contributed by atoms with Crippen LogP contribution in [0.1, 0.15) is 52.6 Å². The van der Waals surface area contributed by atoms with Crippen LogP contribution in [0.5, 0.6) is 0 Å². The lowest BCUT2D eigenvalue weighted by Gasteiger charge is -2.40. The molecule has 2 aromatic carbocycles. The van der Waals surface area contributed by atoms with Gasteiger partial charge < -0.3 is 15.0 Å². The van der Waals surface area contributed by atoms with E-state index in [9.17, 15) is 31.2 Å². The van der Waals surface area contributed by atoms with Crippen LogP contribution in [0, 0.1) is 6.92 Å². The number of nitrogens with one attached hydrogen (secondary N) is 1. The number of hydrogen-bond acceptors (Lipinski definition) is 8. The van der Waals surface area contributed by atoms with Crippen molar-refractivity contribution in [3.05, 3.63) is 82.8 Å². The van der Waals surface area contributed by atoms with Gasteiger partial charge in [0, 0.05) is 26.2 Å². The molecule has 0 spiro atoms. The normalized spacial score (nSPS) is 16.3. The van der Waals surface area contributed by atoms with E-state index in [0.29, 0.717) is 29.6 Å². The molecule has 0 unspecified atom stereocenters. The van der Waals surface area contributed by atoms with Crippen LogP contribution in [0.4, 0.5) is 19.0 Å². The van der Waals surface area contributed by atoms with E-state index in [2.05, 4.69) is 33.9 Å². The number of benzene rings is 2. The third kappa shape index (κ3) is 7.13. The van der Waals surface area contributed by atoms with Crippen molar-refractivity contribution in [2.45, 2.75) is 50.3 Å². The summed E-state index contributed by atoms with van der Waals surface area (Å²) in [4.78, 5) is 35.3. The maximum absolute atomic E-state index is 13.7. The second-order valence-electron chi connectivity index (χ2n) is 10.4. The average molecular weight is 620 g/mol. The lowest BCUT2D eigenvalue weighted by atomic mass is 10.0. The number of alkyl halides is 3. The van der Waals surface area contributed by atoms with Gasteiger partial charge in [-0.05, 0) is 48.2 Å². The van der Waals surface area contributed by atoms with Gasteiger partial charge in [0.2, 0.25) is 15.9 Å². The first kappa shape index (κ1) is 31.9. The first-order chi connectivity index (χ1) is 20.2. The standard InChI is InChI=1S/C29H32F3N5O5S/c1-18(2)21-7-5-20(6-8-21)15-34-27(38)25-17-36(26-19(3)35-24(16-33-26)28(39)42-4)13-14-37(25)43(40,41)23-11-9-22(10-12-23)29(30,31)32/h5-12,16,18,25H,13-15,17H2,1-4H3,(H,34,38)/t25-/m1/s1. The molecule has 1 aromatic heterocycles. The summed E-state index contributed by atoms with van der Waals surface area (Å²) in [6.45, 7) is 5.70. The van der Waals surface area contributed by atoms with Crippen molar-refractivity contribution in [3.8, 4) is 0 Å². The minimum absolute atomic E-state index is 0.00922. The number of carbonyl (C=O) groups excluding carboxylic acids is 2.